The van der Waals surface area contributed by atoms with Crippen molar-refractivity contribution in [2.45, 2.75) is 76.5 Å². The minimum Gasteiger partial charge on any atom is -0.481 e. The van der Waals surface area contributed by atoms with Crippen molar-refractivity contribution in [1.82, 2.24) is 24.3 Å². The number of fused-ring (bicyclic) bond motifs is 1. The zero-order valence-electron chi connectivity index (χ0n) is 21.4. The standard InChI is InChI=1S/C26H33N5O5S/c1-4-23-17-31(37(34,35)24-7-6-12-27-26(24)36-23)15-21-13-19(9-8-18(21)3)20(14-25(32)33)10-11-22-16-30(5-2)29-28-22/h6-9,12-13,16,20,23H,4-5,10-11,14-15,17H2,1-3H3,(H,32,33)/t20?,23-/m1/s1. The molecular formula is C26H33N5O5S. The first-order valence-electron chi connectivity index (χ1n) is 12.5. The summed E-state index contributed by atoms with van der Waals surface area (Å²) < 4.78 is 36.2. The van der Waals surface area contributed by atoms with E-state index in [0.717, 1.165) is 28.9 Å². The second-order valence-corrected chi connectivity index (χ2v) is 11.2. The van der Waals surface area contributed by atoms with Gasteiger partial charge < -0.3 is 9.84 Å². The number of sulfonamides is 1. The summed E-state index contributed by atoms with van der Waals surface area (Å²) >= 11 is 0. The van der Waals surface area contributed by atoms with Gasteiger partial charge in [-0.1, -0.05) is 30.3 Å². The fourth-order valence-corrected chi connectivity index (χ4v) is 6.04. The Labute approximate surface area is 217 Å². The number of carboxylic acid groups (broad SMARTS) is 1. The number of benzene rings is 1. The Morgan fingerprint density at radius 3 is 2.78 bits per heavy atom. The summed E-state index contributed by atoms with van der Waals surface area (Å²) in [5.74, 6) is -1.00. The number of ether oxygens (including phenoxy) is 1. The lowest BCUT2D eigenvalue weighted by molar-refractivity contribution is -0.137. The Morgan fingerprint density at radius 1 is 1.27 bits per heavy atom. The number of carbonyl (C=O) groups is 1. The third kappa shape index (κ3) is 6.16. The maximum atomic E-state index is 13.6. The van der Waals surface area contributed by atoms with Gasteiger partial charge in [0.2, 0.25) is 15.9 Å². The van der Waals surface area contributed by atoms with Gasteiger partial charge in [-0.2, -0.15) is 4.31 Å². The Balaban J connectivity index is 1.61. The molecule has 4 rings (SSSR count). The first kappa shape index (κ1) is 26.7. The smallest absolute Gasteiger partial charge is 0.303 e. The normalized spacial score (nSPS) is 18.0. The van der Waals surface area contributed by atoms with Crippen LogP contribution in [-0.2, 0) is 34.3 Å². The fourth-order valence-electron chi connectivity index (χ4n) is 4.52. The number of aromatic nitrogens is 4. The van der Waals surface area contributed by atoms with Crippen molar-refractivity contribution in [2.24, 2.45) is 0 Å². The highest BCUT2D eigenvalue weighted by Gasteiger charge is 2.35. The summed E-state index contributed by atoms with van der Waals surface area (Å²) in [6.07, 6.45) is 4.86. The number of aryl methyl sites for hydroxylation is 3. The molecule has 0 bridgehead atoms. The molecule has 0 amide bonds. The molecule has 0 aliphatic carbocycles. The zero-order chi connectivity index (χ0) is 26.6. The molecule has 3 heterocycles. The molecule has 2 aromatic heterocycles. The van der Waals surface area contributed by atoms with Crippen LogP contribution in [0.1, 0.15) is 61.4 Å². The molecule has 0 saturated carbocycles. The molecule has 0 radical (unpaired) electrons. The Bertz CT molecular complexity index is 1360. The highest BCUT2D eigenvalue weighted by atomic mass is 32.2. The lowest BCUT2D eigenvalue weighted by Crippen LogP contribution is -2.36. The monoisotopic (exact) mass is 527 g/mol. The van der Waals surface area contributed by atoms with Gasteiger partial charge in [0.05, 0.1) is 18.7 Å². The minimum atomic E-state index is -3.84. The molecule has 10 nitrogen and oxygen atoms in total. The molecule has 198 valence electrons. The van der Waals surface area contributed by atoms with Crippen LogP contribution in [-0.4, -0.2) is 56.4 Å². The largest absolute Gasteiger partial charge is 0.481 e. The second kappa shape index (κ2) is 11.4. The number of rotatable bonds is 10. The third-order valence-corrected chi connectivity index (χ3v) is 8.59. The average Bonchev–Trinajstić information content (AvgIpc) is 3.31. The number of hydrogen-bond acceptors (Lipinski definition) is 7. The molecule has 1 N–H and O–H groups in total. The van der Waals surface area contributed by atoms with Gasteiger partial charge >= 0.3 is 5.97 Å². The van der Waals surface area contributed by atoms with E-state index in [1.54, 1.807) is 10.7 Å². The van der Waals surface area contributed by atoms with Crippen LogP contribution in [0.3, 0.4) is 0 Å². The summed E-state index contributed by atoms with van der Waals surface area (Å²) in [5.41, 5.74) is 3.45. The molecule has 11 heteroatoms. The van der Waals surface area contributed by atoms with Crippen LogP contribution in [0.5, 0.6) is 5.88 Å². The Hall–Kier alpha value is -3.31. The number of carboxylic acids is 1. The van der Waals surface area contributed by atoms with Gasteiger partial charge in [0.25, 0.3) is 0 Å². The Morgan fingerprint density at radius 2 is 2.08 bits per heavy atom. The van der Waals surface area contributed by atoms with Crippen LogP contribution in [0.15, 0.2) is 47.6 Å². The molecule has 1 aliphatic heterocycles. The van der Waals surface area contributed by atoms with E-state index in [4.69, 9.17) is 4.74 Å². The number of pyridine rings is 1. The van der Waals surface area contributed by atoms with Gasteiger partial charge in [0.1, 0.15) is 11.0 Å². The van der Waals surface area contributed by atoms with Crippen molar-refractivity contribution in [3.63, 3.8) is 0 Å². The summed E-state index contributed by atoms with van der Waals surface area (Å²) in [5, 5.41) is 17.8. The predicted molar refractivity (Wildman–Crippen MR) is 137 cm³/mol. The van der Waals surface area contributed by atoms with Crippen LogP contribution in [0, 0.1) is 6.92 Å². The maximum absolute atomic E-state index is 13.6. The molecule has 1 aromatic carbocycles. The van der Waals surface area contributed by atoms with E-state index in [1.807, 2.05) is 45.2 Å². The van der Waals surface area contributed by atoms with Crippen molar-refractivity contribution in [2.75, 3.05) is 6.54 Å². The molecule has 0 saturated heterocycles. The van der Waals surface area contributed by atoms with Gasteiger partial charge in [0, 0.05) is 25.5 Å². The van der Waals surface area contributed by atoms with Gasteiger partial charge in [-0.25, -0.2) is 13.4 Å². The lowest BCUT2D eigenvalue weighted by atomic mass is 9.88. The summed E-state index contributed by atoms with van der Waals surface area (Å²) in [6.45, 7) is 6.93. The highest BCUT2D eigenvalue weighted by molar-refractivity contribution is 7.89. The highest BCUT2D eigenvalue weighted by Crippen LogP contribution is 2.32. The lowest BCUT2D eigenvalue weighted by Gasteiger charge is -2.24. The van der Waals surface area contributed by atoms with Crippen LogP contribution < -0.4 is 4.74 Å². The first-order valence-corrected chi connectivity index (χ1v) is 14.0. The Kier molecular flexibility index (Phi) is 8.23. The van der Waals surface area contributed by atoms with E-state index in [-0.39, 0.29) is 42.3 Å². The van der Waals surface area contributed by atoms with E-state index < -0.39 is 16.0 Å². The first-order chi connectivity index (χ1) is 17.7. The molecule has 1 unspecified atom stereocenters. The van der Waals surface area contributed by atoms with Crippen molar-refractivity contribution in [3.05, 3.63) is 65.1 Å². The van der Waals surface area contributed by atoms with Gasteiger partial charge in [-0.05, 0) is 67.9 Å². The summed E-state index contributed by atoms with van der Waals surface area (Å²) in [4.78, 5) is 15.9. The molecule has 0 fully saturated rings. The third-order valence-electron chi connectivity index (χ3n) is 6.77. The molecule has 2 atom stereocenters. The van der Waals surface area contributed by atoms with E-state index in [0.29, 0.717) is 19.3 Å². The zero-order valence-corrected chi connectivity index (χ0v) is 22.2. The number of hydrogen-bond donors (Lipinski definition) is 1. The molecule has 3 aromatic rings. The predicted octanol–water partition coefficient (Wildman–Crippen LogP) is 3.55. The number of nitrogens with zero attached hydrogens (tertiary/aromatic N) is 5. The van der Waals surface area contributed by atoms with E-state index in [1.165, 1.54) is 16.6 Å². The quantitative estimate of drug-likeness (QED) is 0.424. The fraction of sp³-hybridized carbons (Fsp3) is 0.462. The van der Waals surface area contributed by atoms with Crippen LogP contribution in [0.4, 0.5) is 0 Å². The van der Waals surface area contributed by atoms with Crippen molar-refractivity contribution in [3.8, 4) is 5.88 Å². The second-order valence-electron chi connectivity index (χ2n) is 9.34. The number of aliphatic carboxylic acids is 1. The van der Waals surface area contributed by atoms with Crippen molar-refractivity contribution >= 4 is 16.0 Å². The van der Waals surface area contributed by atoms with E-state index in [2.05, 4.69) is 15.3 Å². The average molecular weight is 528 g/mol. The topological polar surface area (TPSA) is 128 Å². The molecule has 37 heavy (non-hydrogen) atoms. The molecular weight excluding hydrogens is 494 g/mol. The SMILES string of the molecule is CC[C@@H]1CN(Cc2cc(C(CCc3cn(CC)nn3)CC(=O)O)ccc2C)S(=O)(=O)c2cccnc2O1. The van der Waals surface area contributed by atoms with Gasteiger partial charge in [0.15, 0.2) is 0 Å². The van der Waals surface area contributed by atoms with Gasteiger partial charge in [-0.3, -0.25) is 9.48 Å². The molecule has 1 aliphatic rings. The van der Waals surface area contributed by atoms with Crippen molar-refractivity contribution in [1.29, 1.82) is 0 Å². The summed E-state index contributed by atoms with van der Waals surface area (Å²) in [7, 11) is -3.84. The van der Waals surface area contributed by atoms with Crippen LogP contribution in [0.2, 0.25) is 0 Å². The van der Waals surface area contributed by atoms with E-state index >= 15 is 0 Å². The minimum absolute atomic E-state index is 0.0305. The summed E-state index contributed by atoms with van der Waals surface area (Å²) in [6, 6.07) is 8.91. The van der Waals surface area contributed by atoms with Crippen molar-refractivity contribution < 1.29 is 23.1 Å². The van der Waals surface area contributed by atoms with E-state index in [9.17, 15) is 18.3 Å². The maximum Gasteiger partial charge on any atom is 0.303 e. The van der Waals surface area contributed by atoms with Crippen LogP contribution in [0.25, 0.3) is 0 Å². The molecule has 0 spiro atoms. The van der Waals surface area contributed by atoms with Crippen LogP contribution >= 0.6 is 0 Å². The van der Waals surface area contributed by atoms with Gasteiger partial charge in [-0.15, -0.1) is 5.10 Å².